The topological polar surface area (TPSA) is 66.4 Å². The molecule has 2 N–H and O–H groups in total. The van der Waals surface area contributed by atoms with Gasteiger partial charge in [-0.1, -0.05) is 41.0 Å². The summed E-state index contributed by atoms with van der Waals surface area (Å²) >= 11 is 0. The number of nitrogens with one attached hydrogen (secondary N) is 1. The molecular weight excluding hydrogens is 218 g/mol. The highest BCUT2D eigenvalue weighted by Crippen LogP contribution is 2.18. The molecule has 0 fully saturated rings. The minimum atomic E-state index is -0.965. The molecule has 4 nitrogen and oxygen atoms in total. The Morgan fingerprint density at radius 2 is 1.65 bits per heavy atom. The summed E-state index contributed by atoms with van der Waals surface area (Å²) in [6.07, 6.45) is 1.73. The Morgan fingerprint density at radius 3 is 1.94 bits per heavy atom. The summed E-state index contributed by atoms with van der Waals surface area (Å²) in [5, 5.41) is 11.7. The van der Waals surface area contributed by atoms with Gasteiger partial charge in [0.15, 0.2) is 0 Å². The lowest BCUT2D eigenvalue weighted by Gasteiger charge is -2.24. The van der Waals surface area contributed by atoms with Gasteiger partial charge in [-0.2, -0.15) is 0 Å². The van der Waals surface area contributed by atoms with E-state index >= 15 is 0 Å². The van der Waals surface area contributed by atoms with Crippen LogP contribution in [0.5, 0.6) is 0 Å². The summed E-state index contributed by atoms with van der Waals surface area (Å²) in [6.45, 7) is 9.60. The van der Waals surface area contributed by atoms with Crippen molar-refractivity contribution in [3.05, 3.63) is 0 Å². The zero-order valence-electron chi connectivity index (χ0n) is 11.5. The Morgan fingerprint density at radius 1 is 1.12 bits per heavy atom. The smallest absolute Gasteiger partial charge is 0.326 e. The highest BCUT2D eigenvalue weighted by molar-refractivity contribution is 5.85. The van der Waals surface area contributed by atoms with Crippen LogP contribution >= 0.6 is 0 Å². The molecule has 0 spiro atoms. The molecule has 0 bridgehead atoms. The van der Waals surface area contributed by atoms with Crippen LogP contribution in [0.25, 0.3) is 0 Å². The van der Waals surface area contributed by atoms with E-state index in [-0.39, 0.29) is 23.7 Å². The Hall–Kier alpha value is -1.06. The summed E-state index contributed by atoms with van der Waals surface area (Å²) in [4.78, 5) is 23.0. The number of aliphatic carboxylic acids is 1. The predicted molar refractivity (Wildman–Crippen MR) is 67.6 cm³/mol. The number of rotatable bonds is 7. The fourth-order valence-electron chi connectivity index (χ4n) is 1.85. The molecule has 0 aliphatic rings. The Balaban J connectivity index is 4.62. The van der Waals surface area contributed by atoms with Crippen molar-refractivity contribution in [2.75, 3.05) is 0 Å². The fraction of sp³-hybridized carbons (Fsp3) is 0.846. The first-order valence-corrected chi connectivity index (χ1v) is 6.34. The van der Waals surface area contributed by atoms with Crippen LogP contribution in [-0.2, 0) is 9.59 Å². The van der Waals surface area contributed by atoms with Gasteiger partial charge in [0, 0.05) is 5.92 Å². The van der Waals surface area contributed by atoms with Gasteiger partial charge in [0.1, 0.15) is 6.04 Å². The zero-order chi connectivity index (χ0) is 13.6. The van der Waals surface area contributed by atoms with Crippen LogP contribution in [0.15, 0.2) is 0 Å². The largest absolute Gasteiger partial charge is 0.480 e. The quantitative estimate of drug-likeness (QED) is 0.721. The number of carboxylic acid groups (broad SMARTS) is 1. The maximum absolute atomic E-state index is 12.0. The molecule has 0 saturated carbocycles. The molecule has 0 heterocycles. The molecule has 4 heteroatoms. The zero-order valence-corrected chi connectivity index (χ0v) is 11.5. The molecular formula is C13H25NO3. The molecule has 2 atom stereocenters. The van der Waals surface area contributed by atoms with E-state index in [9.17, 15) is 9.59 Å². The molecule has 0 aliphatic heterocycles. The molecule has 100 valence electrons. The average molecular weight is 243 g/mol. The normalized spacial score (nSPS) is 14.8. The number of carboxylic acids is 1. The van der Waals surface area contributed by atoms with Crippen LogP contribution in [0.2, 0.25) is 0 Å². The van der Waals surface area contributed by atoms with Crippen LogP contribution < -0.4 is 5.32 Å². The minimum Gasteiger partial charge on any atom is -0.480 e. The van der Waals surface area contributed by atoms with Crippen molar-refractivity contribution < 1.29 is 14.7 Å². The van der Waals surface area contributed by atoms with Gasteiger partial charge >= 0.3 is 5.97 Å². The third kappa shape index (κ3) is 5.20. The number of carbonyl (C=O) groups is 2. The lowest BCUT2D eigenvalue weighted by Crippen LogP contribution is -2.47. The third-order valence-corrected chi connectivity index (χ3v) is 2.97. The van der Waals surface area contributed by atoms with Gasteiger partial charge in [-0.25, -0.2) is 4.79 Å². The molecule has 0 saturated heterocycles. The SMILES string of the molecule is CCCC(C(=O)N[C@H](C(=O)O)C(C)C)C(C)C. The van der Waals surface area contributed by atoms with Crippen LogP contribution in [-0.4, -0.2) is 23.0 Å². The minimum absolute atomic E-state index is 0.0967. The van der Waals surface area contributed by atoms with Crippen molar-refractivity contribution >= 4 is 11.9 Å². The van der Waals surface area contributed by atoms with Crippen molar-refractivity contribution in [3.63, 3.8) is 0 Å². The summed E-state index contributed by atoms with van der Waals surface area (Å²) in [5.41, 5.74) is 0. The maximum atomic E-state index is 12.0. The number of amides is 1. The van der Waals surface area contributed by atoms with Crippen molar-refractivity contribution in [3.8, 4) is 0 Å². The van der Waals surface area contributed by atoms with E-state index in [1.54, 1.807) is 13.8 Å². The second-order valence-corrected chi connectivity index (χ2v) is 5.21. The predicted octanol–water partition coefficient (Wildman–Crippen LogP) is 2.28. The van der Waals surface area contributed by atoms with Gasteiger partial charge in [0.05, 0.1) is 0 Å². The van der Waals surface area contributed by atoms with Crippen LogP contribution in [0, 0.1) is 17.8 Å². The van der Waals surface area contributed by atoms with E-state index < -0.39 is 12.0 Å². The van der Waals surface area contributed by atoms with Gasteiger partial charge < -0.3 is 10.4 Å². The molecule has 17 heavy (non-hydrogen) atoms. The monoisotopic (exact) mass is 243 g/mol. The summed E-state index contributed by atoms with van der Waals surface area (Å²) < 4.78 is 0. The van der Waals surface area contributed by atoms with E-state index in [0.717, 1.165) is 12.8 Å². The third-order valence-electron chi connectivity index (χ3n) is 2.97. The van der Waals surface area contributed by atoms with Crippen molar-refractivity contribution in [1.29, 1.82) is 0 Å². The van der Waals surface area contributed by atoms with Crippen LogP contribution in [0.1, 0.15) is 47.5 Å². The number of carbonyl (C=O) groups excluding carboxylic acids is 1. The lowest BCUT2D eigenvalue weighted by molar-refractivity contribution is -0.144. The second-order valence-electron chi connectivity index (χ2n) is 5.21. The maximum Gasteiger partial charge on any atom is 0.326 e. The van der Waals surface area contributed by atoms with Gasteiger partial charge in [-0.3, -0.25) is 4.79 Å². The van der Waals surface area contributed by atoms with Crippen LogP contribution in [0.4, 0.5) is 0 Å². The molecule has 0 aromatic carbocycles. The standard InChI is InChI=1S/C13H25NO3/c1-6-7-10(8(2)3)12(15)14-11(9(4)5)13(16)17/h8-11H,6-7H2,1-5H3,(H,14,15)(H,16,17)/t10?,11-/m0/s1. The average Bonchev–Trinajstić information content (AvgIpc) is 2.20. The van der Waals surface area contributed by atoms with E-state index in [2.05, 4.69) is 5.32 Å². The van der Waals surface area contributed by atoms with Crippen molar-refractivity contribution in [2.45, 2.75) is 53.5 Å². The first kappa shape index (κ1) is 15.9. The van der Waals surface area contributed by atoms with E-state index in [4.69, 9.17) is 5.11 Å². The Kier molecular flexibility index (Phi) is 6.85. The van der Waals surface area contributed by atoms with Gasteiger partial charge in [0.25, 0.3) is 0 Å². The highest BCUT2D eigenvalue weighted by Gasteiger charge is 2.28. The van der Waals surface area contributed by atoms with Crippen molar-refractivity contribution in [1.82, 2.24) is 5.32 Å². The highest BCUT2D eigenvalue weighted by atomic mass is 16.4. The molecule has 0 rings (SSSR count). The van der Waals surface area contributed by atoms with Crippen LogP contribution in [0.3, 0.4) is 0 Å². The van der Waals surface area contributed by atoms with Gasteiger partial charge in [-0.15, -0.1) is 0 Å². The number of hydrogen-bond acceptors (Lipinski definition) is 2. The molecule has 0 aromatic heterocycles. The molecule has 1 amide bonds. The van der Waals surface area contributed by atoms with Gasteiger partial charge in [-0.05, 0) is 18.3 Å². The summed E-state index contributed by atoms with van der Waals surface area (Å²) in [6, 6.07) is -0.791. The number of hydrogen-bond donors (Lipinski definition) is 2. The Bertz CT molecular complexity index is 261. The first-order valence-electron chi connectivity index (χ1n) is 6.34. The molecule has 0 aliphatic carbocycles. The van der Waals surface area contributed by atoms with Gasteiger partial charge in [0.2, 0.25) is 5.91 Å². The van der Waals surface area contributed by atoms with E-state index in [1.807, 2.05) is 20.8 Å². The Labute approximate surface area is 104 Å². The second kappa shape index (κ2) is 7.30. The summed E-state index contributed by atoms with van der Waals surface area (Å²) in [7, 11) is 0. The molecule has 1 unspecified atom stereocenters. The van der Waals surface area contributed by atoms with E-state index in [1.165, 1.54) is 0 Å². The first-order chi connectivity index (χ1) is 7.81. The summed E-state index contributed by atoms with van der Waals surface area (Å²) in [5.74, 6) is -1.07. The van der Waals surface area contributed by atoms with E-state index in [0.29, 0.717) is 0 Å². The van der Waals surface area contributed by atoms with Crippen molar-refractivity contribution in [2.24, 2.45) is 17.8 Å². The lowest BCUT2D eigenvalue weighted by atomic mass is 9.90. The molecule has 0 radical (unpaired) electrons. The molecule has 0 aromatic rings. The fourth-order valence-corrected chi connectivity index (χ4v) is 1.85.